The molecule has 1 aliphatic carbocycles. The van der Waals surface area contributed by atoms with E-state index in [1.807, 2.05) is 13.0 Å². The largest absolute Gasteiger partial charge is 0.361 e. The van der Waals surface area contributed by atoms with E-state index in [4.69, 9.17) is 4.52 Å². The molecule has 116 valence electrons. The van der Waals surface area contributed by atoms with Crippen molar-refractivity contribution in [3.8, 4) is 0 Å². The fraction of sp³-hybridized carbons (Fsp3) is 0.562. The minimum absolute atomic E-state index is 0.0474. The fourth-order valence-electron chi connectivity index (χ4n) is 3.46. The van der Waals surface area contributed by atoms with Crippen LogP contribution in [0.3, 0.4) is 0 Å². The summed E-state index contributed by atoms with van der Waals surface area (Å²) in [4.78, 5) is 14.4. The SMILES string of the molecule is Cc1cc(CN2CC(Cn3nc4c(cc3=O)CCC4)C2)no1. The van der Waals surface area contributed by atoms with Crippen LogP contribution in [0, 0.1) is 12.8 Å². The van der Waals surface area contributed by atoms with Crippen molar-refractivity contribution in [2.45, 2.75) is 39.3 Å². The Kier molecular flexibility index (Phi) is 3.33. The monoisotopic (exact) mass is 300 g/mol. The second kappa shape index (κ2) is 5.35. The highest BCUT2D eigenvalue weighted by molar-refractivity contribution is 5.22. The minimum Gasteiger partial charge on any atom is -0.361 e. The maximum absolute atomic E-state index is 12.1. The third kappa shape index (κ3) is 2.59. The quantitative estimate of drug-likeness (QED) is 0.848. The first kappa shape index (κ1) is 13.7. The van der Waals surface area contributed by atoms with Gasteiger partial charge in [-0.1, -0.05) is 5.16 Å². The van der Waals surface area contributed by atoms with Crippen molar-refractivity contribution in [3.63, 3.8) is 0 Å². The summed E-state index contributed by atoms with van der Waals surface area (Å²) in [5, 5.41) is 8.56. The van der Waals surface area contributed by atoms with E-state index in [1.54, 1.807) is 10.7 Å². The van der Waals surface area contributed by atoms with Crippen LogP contribution in [0.4, 0.5) is 0 Å². The molecular weight excluding hydrogens is 280 g/mol. The lowest BCUT2D eigenvalue weighted by atomic mass is 10.00. The number of nitrogens with zero attached hydrogens (tertiary/aromatic N) is 4. The molecule has 2 aromatic heterocycles. The van der Waals surface area contributed by atoms with Crippen LogP contribution in [-0.2, 0) is 25.9 Å². The van der Waals surface area contributed by atoms with Gasteiger partial charge in [-0.2, -0.15) is 5.10 Å². The number of hydrogen-bond acceptors (Lipinski definition) is 5. The zero-order valence-electron chi connectivity index (χ0n) is 12.8. The highest BCUT2D eigenvalue weighted by Gasteiger charge is 2.28. The highest BCUT2D eigenvalue weighted by Crippen LogP contribution is 2.21. The molecule has 0 bridgehead atoms. The van der Waals surface area contributed by atoms with Gasteiger partial charge in [0.2, 0.25) is 0 Å². The Hall–Kier alpha value is -1.95. The van der Waals surface area contributed by atoms with E-state index in [1.165, 1.54) is 0 Å². The van der Waals surface area contributed by atoms with Gasteiger partial charge in [-0.25, -0.2) is 4.68 Å². The van der Waals surface area contributed by atoms with Crippen molar-refractivity contribution >= 4 is 0 Å². The lowest BCUT2D eigenvalue weighted by molar-refractivity contribution is 0.0742. The summed E-state index contributed by atoms with van der Waals surface area (Å²) >= 11 is 0. The lowest BCUT2D eigenvalue weighted by Crippen LogP contribution is -2.49. The van der Waals surface area contributed by atoms with E-state index >= 15 is 0 Å². The molecule has 1 fully saturated rings. The van der Waals surface area contributed by atoms with Crippen molar-refractivity contribution in [1.29, 1.82) is 0 Å². The molecule has 0 unspecified atom stereocenters. The second-order valence-electron chi connectivity index (χ2n) is 6.48. The minimum atomic E-state index is 0.0474. The molecule has 0 aromatic carbocycles. The van der Waals surface area contributed by atoms with Gasteiger partial charge in [0.25, 0.3) is 5.56 Å². The smallest absolute Gasteiger partial charge is 0.267 e. The molecule has 0 spiro atoms. The lowest BCUT2D eigenvalue weighted by Gasteiger charge is -2.38. The zero-order chi connectivity index (χ0) is 15.1. The summed E-state index contributed by atoms with van der Waals surface area (Å²) in [7, 11) is 0. The second-order valence-corrected chi connectivity index (χ2v) is 6.48. The fourth-order valence-corrected chi connectivity index (χ4v) is 3.46. The average molecular weight is 300 g/mol. The number of likely N-dealkylation sites (tertiary alicyclic amines) is 1. The van der Waals surface area contributed by atoms with Crippen molar-refractivity contribution in [2.24, 2.45) is 5.92 Å². The highest BCUT2D eigenvalue weighted by atomic mass is 16.5. The third-order valence-electron chi connectivity index (χ3n) is 4.55. The van der Waals surface area contributed by atoms with Crippen molar-refractivity contribution < 1.29 is 4.52 Å². The summed E-state index contributed by atoms with van der Waals surface area (Å²) < 4.78 is 6.74. The van der Waals surface area contributed by atoms with Gasteiger partial charge in [0.15, 0.2) is 0 Å². The molecule has 0 radical (unpaired) electrons. The zero-order valence-corrected chi connectivity index (χ0v) is 12.8. The Morgan fingerprint density at radius 1 is 1.32 bits per heavy atom. The third-order valence-corrected chi connectivity index (χ3v) is 4.55. The van der Waals surface area contributed by atoms with Crippen molar-refractivity contribution in [1.82, 2.24) is 19.8 Å². The number of aromatic nitrogens is 3. The van der Waals surface area contributed by atoms with Gasteiger partial charge in [-0.05, 0) is 31.7 Å². The van der Waals surface area contributed by atoms with Gasteiger partial charge in [0.05, 0.1) is 17.9 Å². The molecule has 0 amide bonds. The van der Waals surface area contributed by atoms with Crippen LogP contribution in [0.15, 0.2) is 21.5 Å². The van der Waals surface area contributed by atoms with Gasteiger partial charge in [-0.15, -0.1) is 0 Å². The van der Waals surface area contributed by atoms with Crippen LogP contribution < -0.4 is 5.56 Å². The van der Waals surface area contributed by atoms with E-state index in [2.05, 4.69) is 15.2 Å². The van der Waals surface area contributed by atoms with Gasteiger partial charge >= 0.3 is 0 Å². The number of aryl methyl sites for hydroxylation is 3. The average Bonchev–Trinajstić information content (AvgIpc) is 3.05. The van der Waals surface area contributed by atoms with Gasteiger partial charge in [-0.3, -0.25) is 9.69 Å². The van der Waals surface area contributed by atoms with Crippen LogP contribution in [0.1, 0.15) is 29.1 Å². The topological polar surface area (TPSA) is 64.2 Å². The van der Waals surface area contributed by atoms with E-state index in [0.717, 1.165) is 68.2 Å². The molecule has 1 saturated heterocycles. The Balaban J connectivity index is 1.35. The molecule has 3 heterocycles. The Bertz CT molecular complexity index is 743. The van der Waals surface area contributed by atoms with Crippen LogP contribution in [-0.4, -0.2) is 32.9 Å². The molecule has 22 heavy (non-hydrogen) atoms. The standard InChI is InChI=1S/C16H20N4O2/c1-11-5-14(18-22-11)10-19-7-12(8-19)9-20-16(21)6-13-3-2-4-15(13)17-20/h5-6,12H,2-4,7-10H2,1H3. The number of rotatable bonds is 4. The predicted octanol–water partition coefficient (Wildman–Crippen LogP) is 1.16. The maximum Gasteiger partial charge on any atom is 0.267 e. The number of fused-ring (bicyclic) bond motifs is 1. The van der Waals surface area contributed by atoms with Gasteiger partial charge in [0, 0.05) is 37.7 Å². The molecular formula is C16H20N4O2. The molecule has 6 heteroatoms. The van der Waals surface area contributed by atoms with Crippen LogP contribution in [0.25, 0.3) is 0 Å². The van der Waals surface area contributed by atoms with Crippen LogP contribution in [0.5, 0.6) is 0 Å². The Labute approximate surface area is 128 Å². The molecule has 0 atom stereocenters. The molecule has 1 aliphatic heterocycles. The van der Waals surface area contributed by atoms with E-state index in [0.29, 0.717) is 5.92 Å². The first-order valence-electron chi connectivity index (χ1n) is 7.92. The first-order chi connectivity index (χ1) is 10.7. The van der Waals surface area contributed by atoms with E-state index in [-0.39, 0.29) is 5.56 Å². The normalized spacial score (nSPS) is 18.4. The summed E-state index contributed by atoms with van der Waals surface area (Å²) in [6.45, 7) is 5.41. The Morgan fingerprint density at radius 3 is 2.95 bits per heavy atom. The van der Waals surface area contributed by atoms with Crippen LogP contribution >= 0.6 is 0 Å². The molecule has 4 rings (SSSR count). The Morgan fingerprint density at radius 2 is 2.18 bits per heavy atom. The van der Waals surface area contributed by atoms with Crippen LogP contribution in [0.2, 0.25) is 0 Å². The molecule has 2 aromatic rings. The molecule has 6 nitrogen and oxygen atoms in total. The maximum atomic E-state index is 12.1. The summed E-state index contributed by atoms with van der Waals surface area (Å²) in [5.41, 5.74) is 3.29. The van der Waals surface area contributed by atoms with Gasteiger partial charge in [0.1, 0.15) is 5.76 Å². The van der Waals surface area contributed by atoms with E-state index < -0.39 is 0 Å². The summed E-state index contributed by atoms with van der Waals surface area (Å²) in [6, 6.07) is 3.75. The molecule has 2 aliphatic rings. The molecule has 0 saturated carbocycles. The summed E-state index contributed by atoms with van der Waals surface area (Å²) in [6.07, 6.45) is 3.14. The van der Waals surface area contributed by atoms with E-state index in [9.17, 15) is 4.79 Å². The molecule has 0 N–H and O–H groups in total. The first-order valence-corrected chi connectivity index (χ1v) is 7.92. The number of hydrogen-bond donors (Lipinski definition) is 0. The predicted molar refractivity (Wildman–Crippen MR) is 80.5 cm³/mol. The van der Waals surface area contributed by atoms with Crippen molar-refractivity contribution in [2.75, 3.05) is 13.1 Å². The van der Waals surface area contributed by atoms with Crippen molar-refractivity contribution in [3.05, 3.63) is 45.2 Å². The van der Waals surface area contributed by atoms with Gasteiger partial charge < -0.3 is 4.52 Å². The summed E-state index contributed by atoms with van der Waals surface area (Å²) in [5.74, 6) is 1.35.